The minimum absolute atomic E-state index is 0.203. The highest BCUT2D eigenvalue weighted by molar-refractivity contribution is 5.78. The van der Waals surface area contributed by atoms with Crippen LogP contribution in [0.15, 0.2) is 24.3 Å². The average Bonchev–Trinajstić information content (AvgIpc) is 2.56. The molecule has 0 N–H and O–H groups in total. The molecule has 0 unspecified atom stereocenters. The van der Waals surface area contributed by atoms with Crippen LogP contribution < -0.4 is 4.90 Å². The summed E-state index contributed by atoms with van der Waals surface area (Å²) in [4.78, 5) is 18.6. The lowest BCUT2D eigenvalue weighted by Gasteiger charge is -2.31. The third-order valence-electron chi connectivity index (χ3n) is 4.88. The zero-order valence-electron chi connectivity index (χ0n) is 15.1. The summed E-state index contributed by atoms with van der Waals surface area (Å²) in [5.74, 6) is 0.203. The van der Waals surface area contributed by atoms with E-state index in [1.54, 1.807) is 0 Å². The van der Waals surface area contributed by atoms with Gasteiger partial charge in [0.1, 0.15) is 0 Å². The fourth-order valence-corrected chi connectivity index (χ4v) is 3.25. The number of amides is 1. The van der Waals surface area contributed by atoms with Gasteiger partial charge in [0.15, 0.2) is 0 Å². The van der Waals surface area contributed by atoms with Gasteiger partial charge in [0.2, 0.25) is 5.91 Å². The SMILES string of the molecule is CN(Cc1ccc(N(C)C)cc1)C(=O)CN(C)C1CCCCC1. The van der Waals surface area contributed by atoms with E-state index >= 15 is 0 Å². The molecule has 1 saturated carbocycles. The summed E-state index contributed by atoms with van der Waals surface area (Å²) >= 11 is 0. The highest BCUT2D eigenvalue weighted by Crippen LogP contribution is 2.21. The molecule has 0 radical (unpaired) electrons. The van der Waals surface area contributed by atoms with Crippen molar-refractivity contribution in [2.45, 2.75) is 44.7 Å². The van der Waals surface area contributed by atoms with Gasteiger partial charge in [0.05, 0.1) is 6.54 Å². The van der Waals surface area contributed by atoms with Gasteiger partial charge in [-0.15, -0.1) is 0 Å². The molecule has 23 heavy (non-hydrogen) atoms. The second-order valence-corrected chi connectivity index (χ2v) is 7.02. The fourth-order valence-electron chi connectivity index (χ4n) is 3.25. The first kappa shape index (κ1) is 17.8. The molecule has 0 spiro atoms. The first-order valence-electron chi connectivity index (χ1n) is 8.68. The van der Waals surface area contributed by atoms with E-state index in [-0.39, 0.29) is 5.91 Å². The van der Waals surface area contributed by atoms with Gasteiger partial charge in [-0.25, -0.2) is 0 Å². The van der Waals surface area contributed by atoms with Crippen molar-refractivity contribution in [3.05, 3.63) is 29.8 Å². The number of anilines is 1. The highest BCUT2D eigenvalue weighted by atomic mass is 16.2. The van der Waals surface area contributed by atoms with Crippen molar-refractivity contribution < 1.29 is 4.79 Å². The van der Waals surface area contributed by atoms with Crippen molar-refractivity contribution >= 4 is 11.6 Å². The van der Waals surface area contributed by atoms with Crippen molar-refractivity contribution in [3.63, 3.8) is 0 Å². The molecule has 0 atom stereocenters. The minimum Gasteiger partial charge on any atom is -0.378 e. The van der Waals surface area contributed by atoms with Crippen molar-refractivity contribution in [1.82, 2.24) is 9.80 Å². The van der Waals surface area contributed by atoms with E-state index in [4.69, 9.17) is 0 Å². The first-order valence-corrected chi connectivity index (χ1v) is 8.68. The van der Waals surface area contributed by atoms with E-state index < -0.39 is 0 Å². The molecule has 1 aliphatic carbocycles. The van der Waals surface area contributed by atoms with Crippen LogP contribution in [0.5, 0.6) is 0 Å². The van der Waals surface area contributed by atoms with Gasteiger partial charge in [-0.1, -0.05) is 31.4 Å². The Kier molecular flexibility index (Phi) is 6.46. The molecule has 0 saturated heterocycles. The Morgan fingerprint density at radius 2 is 1.61 bits per heavy atom. The predicted octanol–water partition coefficient (Wildman–Crippen LogP) is 2.98. The summed E-state index contributed by atoms with van der Waals surface area (Å²) in [7, 11) is 8.06. The standard InChI is InChI=1S/C19H31N3O/c1-20(2)17-12-10-16(11-13-17)14-22(4)19(23)15-21(3)18-8-6-5-7-9-18/h10-13,18H,5-9,14-15H2,1-4H3. The summed E-state index contributed by atoms with van der Waals surface area (Å²) in [6.45, 7) is 1.20. The van der Waals surface area contributed by atoms with Gasteiger partial charge in [-0.3, -0.25) is 9.69 Å². The molecule has 0 bridgehead atoms. The van der Waals surface area contributed by atoms with E-state index in [0.29, 0.717) is 19.1 Å². The molecule has 4 heteroatoms. The van der Waals surface area contributed by atoms with Crippen LogP contribution in [0.3, 0.4) is 0 Å². The lowest BCUT2D eigenvalue weighted by Crippen LogP contribution is -2.41. The van der Waals surface area contributed by atoms with Crippen molar-refractivity contribution in [1.29, 1.82) is 0 Å². The van der Waals surface area contributed by atoms with E-state index in [0.717, 1.165) is 0 Å². The van der Waals surface area contributed by atoms with Gasteiger partial charge >= 0.3 is 0 Å². The van der Waals surface area contributed by atoms with Gasteiger partial charge in [0, 0.05) is 39.4 Å². The third kappa shape index (κ3) is 5.24. The molecule has 1 aromatic rings. The van der Waals surface area contributed by atoms with E-state index in [1.165, 1.54) is 43.4 Å². The molecule has 0 aromatic heterocycles. The number of hydrogen-bond acceptors (Lipinski definition) is 3. The summed E-state index contributed by atoms with van der Waals surface area (Å²) in [5.41, 5.74) is 2.35. The number of carbonyl (C=O) groups is 1. The molecule has 4 nitrogen and oxygen atoms in total. The van der Waals surface area contributed by atoms with Crippen LogP contribution in [-0.2, 0) is 11.3 Å². The maximum atomic E-state index is 12.5. The van der Waals surface area contributed by atoms with Gasteiger partial charge < -0.3 is 9.80 Å². The van der Waals surface area contributed by atoms with E-state index in [2.05, 4.69) is 41.1 Å². The molecule has 128 valence electrons. The van der Waals surface area contributed by atoms with Crippen molar-refractivity contribution in [2.24, 2.45) is 0 Å². The molecule has 1 amide bonds. The predicted molar refractivity (Wildman–Crippen MR) is 96.7 cm³/mol. The minimum atomic E-state index is 0.203. The molecule has 1 aromatic carbocycles. The Labute approximate surface area is 141 Å². The Morgan fingerprint density at radius 3 is 2.17 bits per heavy atom. The zero-order chi connectivity index (χ0) is 16.8. The normalized spacial score (nSPS) is 15.7. The summed E-state index contributed by atoms with van der Waals surface area (Å²) in [6.07, 6.45) is 6.43. The van der Waals surface area contributed by atoms with Crippen molar-refractivity contribution in [2.75, 3.05) is 39.6 Å². The number of carbonyl (C=O) groups excluding carboxylic acids is 1. The lowest BCUT2D eigenvalue weighted by atomic mass is 9.94. The van der Waals surface area contributed by atoms with Gasteiger partial charge in [0.25, 0.3) is 0 Å². The molecule has 1 aliphatic rings. The fraction of sp³-hybridized carbons (Fsp3) is 0.632. The van der Waals surface area contributed by atoms with Crippen LogP contribution in [0, 0.1) is 0 Å². The summed E-state index contributed by atoms with van der Waals surface area (Å²) in [6, 6.07) is 8.98. The zero-order valence-corrected chi connectivity index (χ0v) is 15.1. The van der Waals surface area contributed by atoms with Crippen LogP contribution in [0.25, 0.3) is 0 Å². The second-order valence-electron chi connectivity index (χ2n) is 7.02. The Bertz CT molecular complexity index is 492. The maximum absolute atomic E-state index is 12.5. The number of benzene rings is 1. The van der Waals surface area contributed by atoms with Gasteiger partial charge in [-0.2, -0.15) is 0 Å². The largest absolute Gasteiger partial charge is 0.378 e. The molecule has 1 fully saturated rings. The van der Waals surface area contributed by atoms with Crippen LogP contribution >= 0.6 is 0 Å². The summed E-state index contributed by atoms with van der Waals surface area (Å²) in [5, 5.41) is 0. The van der Waals surface area contributed by atoms with Crippen molar-refractivity contribution in [3.8, 4) is 0 Å². The van der Waals surface area contributed by atoms with E-state index in [9.17, 15) is 4.79 Å². The van der Waals surface area contributed by atoms with Gasteiger partial charge in [-0.05, 0) is 37.6 Å². The quantitative estimate of drug-likeness (QED) is 0.807. The van der Waals surface area contributed by atoms with Crippen LogP contribution in [0.2, 0.25) is 0 Å². The Morgan fingerprint density at radius 1 is 1.00 bits per heavy atom. The number of hydrogen-bond donors (Lipinski definition) is 0. The third-order valence-corrected chi connectivity index (χ3v) is 4.88. The van der Waals surface area contributed by atoms with Crippen LogP contribution in [0.4, 0.5) is 5.69 Å². The molecular weight excluding hydrogens is 286 g/mol. The molecular formula is C19H31N3O. The second kappa shape index (κ2) is 8.34. The molecule has 2 rings (SSSR count). The van der Waals surface area contributed by atoms with Crippen LogP contribution in [0.1, 0.15) is 37.7 Å². The Hall–Kier alpha value is -1.55. The first-order chi connectivity index (χ1) is 11.0. The van der Waals surface area contributed by atoms with E-state index in [1.807, 2.05) is 26.0 Å². The number of nitrogens with zero attached hydrogens (tertiary/aromatic N) is 3. The molecule has 0 heterocycles. The number of likely N-dealkylation sites (N-methyl/N-ethyl adjacent to an activating group) is 2. The maximum Gasteiger partial charge on any atom is 0.236 e. The Balaban J connectivity index is 1.84. The smallest absolute Gasteiger partial charge is 0.236 e. The summed E-state index contributed by atoms with van der Waals surface area (Å²) < 4.78 is 0. The average molecular weight is 317 g/mol. The highest BCUT2D eigenvalue weighted by Gasteiger charge is 2.21. The van der Waals surface area contributed by atoms with Crippen LogP contribution in [-0.4, -0.2) is 56.5 Å². The number of rotatable bonds is 6. The lowest BCUT2D eigenvalue weighted by molar-refractivity contribution is -0.132. The molecule has 0 aliphatic heterocycles. The monoisotopic (exact) mass is 317 g/mol. The topological polar surface area (TPSA) is 26.8 Å².